The third-order valence-corrected chi connectivity index (χ3v) is 4.49. The van der Waals surface area contributed by atoms with Crippen molar-refractivity contribution in [3.05, 3.63) is 46.6 Å². The van der Waals surface area contributed by atoms with Gasteiger partial charge in [0.25, 0.3) is 0 Å². The molecule has 6 heteroatoms. The maximum atomic E-state index is 4.34. The summed E-state index contributed by atoms with van der Waals surface area (Å²) in [5.74, 6) is 1.63. The topological polar surface area (TPSA) is 83.1 Å². The molecule has 1 aliphatic carbocycles. The van der Waals surface area contributed by atoms with Crippen LogP contribution in [0.5, 0.6) is 0 Å². The van der Waals surface area contributed by atoms with Crippen molar-refractivity contribution in [2.24, 2.45) is 0 Å². The normalized spacial score (nSPS) is 17.1. The fourth-order valence-electron chi connectivity index (χ4n) is 3.19. The zero-order valence-electron chi connectivity index (χ0n) is 12.7. The van der Waals surface area contributed by atoms with Gasteiger partial charge in [-0.05, 0) is 41.0 Å². The predicted molar refractivity (Wildman–Crippen MR) is 82.4 cm³/mol. The zero-order valence-corrected chi connectivity index (χ0v) is 12.7. The second-order valence-corrected chi connectivity index (χ2v) is 6.19. The van der Waals surface area contributed by atoms with Crippen molar-refractivity contribution >= 4 is 0 Å². The number of fused-ring (bicyclic) bond motifs is 1. The first-order valence-electron chi connectivity index (χ1n) is 7.62. The Kier molecular flexibility index (Phi) is 3.03. The summed E-state index contributed by atoms with van der Waals surface area (Å²) in [5, 5.41) is 21.6. The Bertz CT molecular complexity index is 770. The third-order valence-electron chi connectivity index (χ3n) is 4.49. The van der Waals surface area contributed by atoms with E-state index in [4.69, 9.17) is 0 Å². The number of rotatable bonds is 3. The molecular formula is C16H18N6. The number of benzene rings is 1. The van der Waals surface area contributed by atoms with Crippen molar-refractivity contribution in [2.75, 3.05) is 0 Å². The van der Waals surface area contributed by atoms with Crippen LogP contribution in [0.1, 0.15) is 48.1 Å². The molecule has 0 aliphatic heterocycles. The summed E-state index contributed by atoms with van der Waals surface area (Å²) in [6.07, 6.45) is 1.96. The lowest BCUT2D eigenvalue weighted by molar-refractivity contribution is 0.722. The molecule has 0 saturated heterocycles. The van der Waals surface area contributed by atoms with Crippen molar-refractivity contribution < 1.29 is 0 Å². The van der Waals surface area contributed by atoms with E-state index in [1.807, 2.05) is 0 Å². The van der Waals surface area contributed by atoms with E-state index in [1.54, 1.807) is 0 Å². The number of hydrogen-bond acceptors (Lipinski definition) is 4. The van der Waals surface area contributed by atoms with E-state index in [-0.39, 0.29) is 0 Å². The van der Waals surface area contributed by atoms with Crippen LogP contribution in [0, 0.1) is 0 Å². The van der Waals surface area contributed by atoms with Crippen LogP contribution in [0.25, 0.3) is 11.5 Å². The molecule has 0 radical (unpaired) electrons. The van der Waals surface area contributed by atoms with Gasteiger partial charge in [0.1, 0.15) is 5.69 Å². The maximum Gasteiger partial charge on any atom is 0.225 e. The van der Waals surface area contributed by atoms with Gasteiger partial charge < -0.3 is 0 Å². The highest BCUT2D eigenvalue weighted by Crippen LogP contribution is 2.37. The first-order valence-corrected chi connectivity index (χ1v) is 7.62. The largest absolute Gasteiger partial charge is 0.282 e. The van der Waals surface area contributed by atoms with Crippen LogP contribution in [-0.2, 0) is 12.8 Å². The minimum atomic E-state index is 0.496. The minimum Gasteiger partial charge on any atom is -0.282 e. The van der Waals surface area contributed by atoms with Crippen molar-refractivity contribution in [3.8, 4) is 11.5 Å². The third kappa shape index (κ3) is 2.11. The summed E-state index contributed by atoms with van der Waals surface area (Å²) in [4.78, 5) is 0. The van der Waals surface area contributed by atoms with E-state index in [1.165, 1.54) is 22.4 Å². The van der Waals surface area contributed by atoms with Crippen LogP contribution in [0.2, 0.25) is 0 Å². The first-order chi connectivity index (χ1) is 10.7. The molecule has 0 spiro atoms. The predicted octanol–water partition coefficient (Wildman–Crippen LogP) is 2.60. The standard InChI is InChI=1S/C16H18N6/c1-9(2)10-3-5-11(6-4-10)12-7-13-14(8-12)17-18-15(13)16-19-21-22-20-16/h3-6,9,12H,7-8H2,1-2H3,(H,17,18)(H,19,20,21,22). The van der Waals surface area contributed by atoms with Crippen LogP contribution in [0.15, 0.2) is 24.3 Å². The molecule has 2 aromatic heterocycles. The lowest BCUT2D eigenvalue weighted by Crippen LogP contribution is -2.00. The summed E-state index contributed by atoms with van der Waals surface area (Å²) in [6, 6.07) is 9.00. The van der Waals surface area contributed by atoms with Crippen molar-refractivity contribution in [3.63, 3.8) is 0 Å². The molecule has 22 heavy (non-hydrogen) atoms. The van der Waals surface area contributed by atoms with E-state index in [0.717, 1.165) is 18.5 Å². The molecule has 2 heterocycles. The molecule has 3 aromatic rings. The summed E-state index contributed by atoms with van der Waals surface area (Å²) < 4.78 is 0. The van der Waals surface area contributed by atoms with Gasteiger partial charge in [0.2, 0.25) is 5.82 Å². The number of tetrazole rings is 1. The molecule has 2 N–H and O–H groups in total. The maximum absolute atomic E-state index is 4.34. The van der Waals surface area contributed by atoms with Gasteiger partial charge in [-0.1, -0.05) is 38.1 Å². The number of aromatic nitrogens is 6. The Morgan fingerprint density at radius 2 is 1.91 bits per heavy atom. The van der Waals surface area contributed by atoms with Crippen LogP contribution in [0.3, 0.4) is 0 Å². The van der Waals surface area contributed by atoms with Crippen LogP contribution in [0.4, 0.5) is 0 Å². The minimum absolute atomic E-state index is 0.496. The van der Waals surface area contributed by atoms with Gasteiger partial charge in [-0.2, -0.15) is 10.3 Å². The summed E-state index contributed by atoms with van der Waals surface area (Å²) in [7, 11) is 0. The second-order valence-electron chi connectivity index (χ2n) is 6.19. The summed E-state index contributed by atoms with van der Waals surface area (Å²) in [6.45, 7) is 4.44. The lowest BCUT2D eigenvalue weighted by atomic mass is 9.93. The average molecular weight is 294 g/mol. The number of H-pyrrole nitrogens is 2. The molecule has 1 aliphatic rings. The Hall–Kier alpha value is -2.50. The van der Waals surface area contributed by atoms with Crippen LogP contribution < -0.4 is 0 Å². The average Bonchev–Trinajstić information content (AvgIpc) is 3.23. The van der Waals surface area contributed by atoms with E-state index >= 15 is 0 Å². The number of aromatic amines is 2. The Morgan fingerprint density at radius 3 is 2.59 bits per heavy atom. The van der Waals surface area contributed by atoms with Crippen molar-refractivity contribution in [1.82, 2.24) is 30.8 Å². The quantitative estimate of drug-likeness (QED) is 0.777. The fourth-order valence-corrected chi connectivity index (χ4v) is 3.19. The Labute approximate surface area is 128 Å². The van der Waals surface area contributed by atoms with Gasteiger partial charge in [-0.3, -0.25) is 5.10 Å². The molecule has 4 rings (SSSR count). The molecule has 1 unspecified atom stereocenters. The van der Waals surface area contributed by atoms with E-state index in [2.05, 4.69) is 68.9 Å². The molecule has 1 atom stereocenters. The zero-order chi connectivity index (χ0) is 15.1. The molecule has 112 valence electrons. The van der Waals surface area contributed by atoms with Crippen molar-refractivity contribution in [1.29, 1.82) is 0 Å². The van der Waals surface area contributed by atoms with Gasteiger partial charge in [-0.15, -0.1) is 10.2 Å². The lowest BCUT2D eigenvalue weighted by Gasteiger charge is -2.12. The molecule has 0 fully saturated rings. The molecule has 1 aromatic carbocycles. The highest BCUT2D eigenvalue weighted by Gasteiger charge is 2.29. The summed E-state index contributed by atoms with van der Waals surface area (Å²) in [5.41, 5.74) is 6.00. The molecule has 0 bridgehead atoms. The molecular weight excluding hydrogens is 276 g/mol. The van der Waals surface area contributed by atoms with E-state index in [9.17, 15) is 0 Å². The van der Waals surface area contributed by atoms with Gasteiger partial charge in [0.05, 0.1) is 0 Å². The van der Waals surface area contributed by atoms with Crippen molar-refractivity contribution in [2.45, 2.75) is 38.5 Å². The number of nitrogens with one attached hydrogen (secondary N) is 2. The SMILES string of the molecule is CC(C)c1ccc(C2Cc3[nH]nc(-c4nn[nH]n4)c3C2)cc1. The highest BCUT2D eigenvalue weighted by atomic mass is 15.5. The summed E-state index contributed by atoms with van der Waals surface area (Å²) >= 11 is 0. The molecule has 6 nitrogen and oxygen atoms in total. The molecule has 0 amide bonds. The van der Waals surface area contributed by atoms with Crippen LogP contribution >= 0.6 is 0 Å². The fraction of sp³-hybridized carbons (Fsp3) is 0.375. The Morgan fingerprint density at radius 1 is 1.09 bits per heavy atom. The van der Waals surface area contributed by atoms with Gasteiger partial charge in [-0.25, -0.2) is 0 Å². The smallest absolute Gasteiger partial charge is 0.225 e. The van der Waals surface area contributed by atoms with Gasteiger partial charge in [0.15, 0.2) is 0 Å². The van der Waals surface area contributed by atoms with E-state index < -0.39 is 0 Å². The second kappa shape index (κ2) is 5.05. The van der Waals surface area contributed by atoms with Gasteiger partial charge in [0, 0.05) is 11.3 Å². The highest BCUT2D eigenvalue weighted by molar-refractivity contribution is 5.57. The first kappa shape index (κ1) is 13.2. The number of nitrogens with zero attached hydrogens (tertiary/aromatic N) is 4. The van der Waals surface area contributed by atoms with Crippen LogP contribution in [-0.4, -0.2) is 30.8 Å². The van der Waals surface area contributed by atoms with Gasteiger partial charge >= 0.3 is 0 Å². The molecule has 0 saturated carbocycles. The Balaban J connectivity index is 1.60. The van der Waals surface area contributed by atoms with E-state index in [0.29, 0.717) is 17.7 Å². The number of hydrogen-bond donors (Lipinski definition) is 2. The monoisotopic (exact) mass is 294 g/mol.